The Bertz CT molecular complexity index is 504. The summed E-state index contributed by atoms with van der Waals surface area (Å²) >= 11 is 1.56. The maximum absolute atomic E-state index is 12.6. The molecule has 0 aliphatic carbocycles. The number of esters is 1. The maximum Gasteiger partial charge on any atom is 0.310 e. The Morgan fingerprint density at radius 2 is 2.10 bits per heavy atom. The van der Waals surface area contributed by atoms with Crippen molar-refractivity contribution < 1.29 is 14.3 Å². The van der Waals surface area contributed by atoms with Crippen LogP contribution >= 0.6 is 11.8 Å². The van der Waals surface area contributed by atoms with E-state index in [-0.39, 0.29) is 17.8 Å². The number of methoxy groups -OCH3 is 1. The van der Waals surface area contributed by atoms with Gasteiger partial charge >= 0.3 is 5.97 Å². The van der Waals surface area contributed by atoms with Crippen molar-refractivity contribution in [3.05, 3.63) is 29.8 Å². The number of carbonyl (C=O) groups is 2. The van der Waals surface area contributed by atoms with Gasteiger partial charge in [0.25, 0.3) is 5.91 Å². The minimum atomic E-state index is -0.222. The van der Waals surface area contributed by atoms with Crippen LogP contribution in [0.25, 0.3) is 0 Å². The van der Waals surface area contributed by atoms with Crippen molar-refractivity contribution in [3.63, 3.8) is 0 Å². The number of likely N-dealkylation sites (tertiary alicyclic amines) is 1. The molecule has 4 nitrogen and oxygen atoms in total. The number of nitrogens with zero attached hydrogens (tertiary/aromatic N) is 1. The Hall–Kier alpha value is -1.49. The van der Waals surface area contributed by atoms with E-state index in [0.717, 1.165) is 17.7 Å². The van der Waals surface area contributed by atoms with Crippen molar-refractivity contribution in [2.45, 2.75) is 17.7 Å². The lowest BCUT2D eigenvalue weighted by Crippen LogP contribution is -2.42. The molecule has 108 valence electrons. The molecule has 0 radical (unpaired) electrons. The third-order valence-electron chi connectivity index (χ3n) is 3.58. The summed E-state index contributed by atoms with van der Waals surface area (Å²) in [5.41, 5.74) is 0.713. The molecular formula is C15H19NO3S. The van der Waals surface area contributed by atoms with Gasteiger partial charge in [0.2, 0.25) is 0 Å². The average Bonchev–Trinajstić information content (AvgIpc) is 2.53. The molecule has 1 aliphatic rings. The van der Waals surface area contributed by atoms with Crippen molar-refractivity contribution in [3.8, 4) is 0 Å². The number of hydrogen-bond donors (Lipinski definition) is 0. The normalized spacial score (nSPS) is 18.7. The fourth-order valence-corrected chi connectivity index (χ4v) is 3.10. The van der Waals surface area contributed by atoms with Gasteiger partial charge < -0.3 is 9.64 Å². The molecular weight excluding hydrogens is 274 g/mol. The van der Waals surface area contributed by atoms with Gasteiger partial charge in [-0.15, -0.1) is 11.8 Å². The zero-order chi connectivity index (χ0) is 14.5. The van der Waals surface area contributed by atoms with Gasteiger partial charge in [-0.25, -0.2) is 0 Å². The van der Waals surface area contributed by atoms with E-state index < -0.39 is 0 Å². The van der Waals surface area contributed by atoms with E-state index in [1.165, 1.54) is 7.11 Å². The van der Waals surface area contributed by atoms with Gasteiger partial charge in [0.1, 0.15) is 0 Å². The van der Waals surface area contributed by atoms with Crippen LogP contribution in [-0.4, -0.2) is 43.2 Å². The second-order valence-electron chi connectivity index (χ2n) is 4.81. The highest BCUT2D eigenvalue weighted by Gasteiger charge is 2.30. The minimum absolute atomic E-state index is 0.00329. The summed E-state index contributed by atoms with van der Waals surface area (Å²) in [7, 11) is 1.39. The van der Waals surface area contributed by atoms with Crippen LogP contribution in [0.2, 0.25) is 0 Å². The lowest BCUT2D eigenvalue weighted by molar-refractivity contribution is -0.146. The Balaban J connectivity index is 2.14. The number of piperidine rings is 1. The summed E-state index contributed by atoms with van der Waals surface area (Å²) in [5.74, 6) is -0.414. The standard InChI is InChI=1S/C15H19NO3S/c1-19-15(18)11-6-5-9-16(10-11)14(17)12-7-3-4-8-13(12)20-2/h3-4,7-8,11H,5-6,9-10H2,1-2H3/t11-/m0/s1. The highest BCUT2D eigenvalue weighted by Crippen LogP contribution is 2.24. The van der Waals surface area contributed by atoms with Crippen LogP contribution in [0.4, 0.5) is 0 Å². The maximum atomic E-state index is 12.6. The molecule has 1 saturated heterocycles. The molecule has 20 heavy (non-hydrogen) atoms. The van der Waals surface area contributed by atoms with Crippen LogP contribution in [0, 0.1) is 5.92 Å². The molecule has 0 unspecified atom stereocenters. The fourth-order valence-electron chi connectivity index (χ4n) is 2.51. The summed E-state index contributed by atoms with van der Waals surface area (Å²) in [6.07, 6.45) is 3.59. The first-order chi connectivity index (χ1) is 9.67. The van der Waals surface area contributed by atoms with Crippen molar-refractivity contribution in [2.24, 2.45) is 5.92 Å². The molecule has 1 aromatic carbocycles. The number of benzene rings is 1. The Morgan fingerprint density at radius 3 is 2.80 bits per heavy atom. The van der Waals surface area contributed by atoms with Gasteiger partial charge in [-0.3, -0.25) is 9.59 Å². The van der Waals surface area contributed by atoms with Crippen molar-refractivity contribution in [2.75, 3.05) is 26.5 Å². The number of rotatable bonds is 3. The van der Waals surface area contributed by atoms with Crippen LogP contribution in [0.3, 0.4) is 0 Å². The van der Waals surface area contributed by atoms with E-state index in [9.17, 15) is 9.59 Å². The third kappa shape index (κ3) is 3.15. The van der Waals surface area contributed by atoms with Crippen LogP contribution < -0.4 is 0 Å². The predicted molar refractivity (Wildman–Crippen MR) is 78.9 cm³/mol. The van der Waals surface area contributed by atoms with E-state index in [1.807, 2.05) is 30.5 Å². The van der Waals surface area contributed by atoms with Crippen LogP contribution in [0.1, 0.15) is 23.2 Å². The smallest absolute Gasteiger partial charge is 0.310 e. The molecule has 5 heteroatoms. The van der Waals surface area contributed by atoms with E-state index in [2.05, 4.69) is 0 Å². The zero-order valence-corrected chi connectivity index (χ0v) is 12.6. The first-order valence-corrected chi connectivity index (χ1v) is 7.90. The zero-order valence-electron chi connectivity index (χ0n) is 11.8. The number of hydrogen-bond acceptors (Lipinski definition) is 4. The molecule has 1 fully saturated rings. The molecule has 1 aliphatic heterocycles. The van der Waals surface area contributed by atoms with Crippen LogP contribution in [0.15, 0.2) is 29.2 Å². The first kappa shape index (κ1) is 14.9. The third-order valence-corrected chi connectivity index (χ3v) is 4.38. The van der Waals surface area contributed by atoms with Crippen molar-refractivity contribution in [1.29, 1.82) is 0 Å². The lowest BCUT2D eigenvalue weighted by Gasteiger charge is -2.31. The molecule has 0 spiro atoms. The van der Waals surface area contributed by atoms with E-state index in [1.54, 1.807) is 16.7 Å². The number of carbonyl (C=O) groups excluding carboxylic acids is 2. The van der Waals surface area contributed by atoms with E-state index >= 15 is 0 Å². The van der Waals surface area contributed by atoms with Crippen molar-refractivity contribution in [1.82, 2.24) is 4.90 Å². The molecule has 0 aromatic heterocycles. The Morgan fingerprint density at radius 1 is 1.35 bits per heavy atom. The van der Waals surface area contributed by atoms with Gasteiger partial charge in [-0.1, -0.05) is 12.1 Å². The summed E-state index contributed by atoms with van der Waals surface area (Å²) in [4.78, 5) is 27.0. The molecule has 0 bridgehead atoms. The quantitative estimate of drug-likeness (QED) is 0.634. The average molecular weight is 293 g/mol. The highest BCUT2D eigenvalue weighted by atomic mass is 32.2. The molecule has 0 saturated carbocycles. The molecule has 1 amide bonds. The van der Waals surface area contributed by atoms with Gasteiger partial charge in [0.15, 0.2) is 0 Å². The Labute approximate surface area is 123 Å². The second kappa shape index (κ2) is 6.79. The summed E-state index contributed by atoms with van der Waals surface area (Å²) < 4.78 is 4.79. The summed E-state index contributed by atoms with van der Waals surface area (Å²) in [6.45, 7) is 1.16. The van der Waals surface area contributed by atoms with Gasteiger partial charge in [0.05, 0.1) is 18.6 Å². The number of ether oxygens (including phenoxy) is 1. The predicted octanol–water partition coefficient (Wildman–Crippen LogP) is 2.43. The monoisotopic (exact) mass is 293 g/mol. The van der Waals surface area contributed by atoms with Crippen LogP contribution in [0.5, 0.6) is 0 Å². The highest BCUT2D eigenvalue weighted by molar-refractivity contribution is 7.98. The topological polar surface area (TPSA) is 46.6 Å². The second-order valence-corrected chi connectivity index (χ2v) is 5.66. The minimum Gasteiger partial charge on any atom is -0.469 e. The van der Waals surface area contributed by atoms with Crippen molar-refractivity contribution >= 4 is 23.6 Å². The molecule has 0 N–H and O–H groups in total. The summed E-state index contributed by atoms with van der Waals surface area (Å²) in [5, 5.41) is 0. The largest absolute Gasteiger partial charge is 0.469 e. The first-order valence-electron chi connectivity index (χ1n) is 6.67. The molecule has 1 atom stereocenters. The summed E-state index contributed by atoms with van der Waals surface area (Å²) in [6, 6.07) is 7.58. The lowest BCUT2D eigenvalue weighted by atomic mass is 9.97. The van der Waals surface area contributed by atoms with Crippen LogP contribution in [-0.2, 0) is 9.53 Å². The van der Waals surface area contributed by atoms with E-state index in [4.69, 9.17) is 4.74 Å². The molecule has 1 heterocycles. The molecule has 1 aromatic rings. The fraction of sp³-hybridized carbons (Fsp3) is 0.467. The number of thioether (sulfide) groups is 1. The van der Waals surface area contributed by atoms with Gasteiger partial charge in [0, 0.05) is 18.0 Å². The number of amides is 1. The molecule has 2 rings (SSSR count). The Kier molecular flexibility index (Phi) is 5.06. The van der Waals surface area contributed by atoms with Gasteiger partial charge in [-0.05, 0) is 31.2 Å². The SMILES string of the molecule is COC(=O)[C@H]1CCCN(C(=O)c2ccccc2SC)C1. The van der Waals surface area contributed by atoms with E-state index in [0.29, 0.717) is 18.7 Å². The van der Waals surface area contributed by atoms with Gasteiger partial charge in [-0.2, -0.15) is 0 Å².